The quantitative estimate of drug-likeness (QED) is 0.879. The molecule has 1 N–H and O–H groups in total. The van der Waals surface area contributed by atoms with Crippen LogP contribution in [0.1, 0.15) is 37.8 Å². The number of hydrogen-bond donors (Lipinski definition) is 1. The van der Waals surface area contributed by atoms with Crippen LogP contribution in [0.25, 0.3) is 0 Å². The second kappa shape index (κ2) is 6.53. The molecule has 0 atom stereocenters. The standard InChI is InChI=1S/C17H27NO/c1-17(2,13-19-3)16-6-4-5-15(12-16)11-14-7-9-18-10-8-14/h4-6,12,14,18H,7-11,13H2,1-3H3. The topological polar surface area (TPSA) is 21.3 Å². The Morgan fingerprint density at radius 3 is 2.68 bits per heavy atom. The van der Waals surface area contributed by atoms with Gasteiger partial charge in [0.25, 0.3) is 0 Å². The minimum atomic E-state index is 0.0961. The van der Waals surface area contributed by atoms with Gasteiger partial charge in [-0.05, 0) is 49.4 Å². The number of nitrogens with one attached hydrogen (secondary N) is 1. The lowest BCUT2D eigenvalue weighted by Gasteiger charge is -2.26. The largest absolute Gasteiger partial charge is 0.384 e. The zero-order chi connectivity index (χ0) is 13.7. The average molecular weight is 261 g/mol. The molecule has 0 saturated carbocycles. The summed E-state index contributed by atoms with van der Waals surface area (Å²) in [5, 5.41) is 3.44. The second-order valence-electron chi connectivity index (χ2n) is 6.41. The van der Waals surface area contributed by atoms with Crippen molar-refractivity contribution >= 4 is 0 Å². The lowest BCUT2D eigenvalue weighted by Crippen LogP contribution is -2.28. The average Bonchev–Trinajstić information content (AvgIpc) is 2.40. The van der Waals surface area contributed by atoms with Gasteiger partial charge in [-0.1, -0.05) is 38.1 Å². The minimum absolute atomic E-state index is 0.0961. The molecule has 1 aliphatic rings. The van der Waals surface area contributed by atoms with Crippen molar-refractivity contribution < 1.29 is 4.74 Å². The van der Waals surface area contributed by atoms with Crippen molar-refractivity contribution in [1.82, 2.24) is 5.32 Å². The van der Waals surface area contributed by atoms with Crippen molar-refractivity contribution in [3.8, 4) is 0 Å². The molecule has 2 rings (SSSR count). The summed E-state index contributed by atoms with van der Waals surface area (Å²) in [6.45, 7) is 7.63. The highest BCUT2D eigenvalue weighted by atomic mass is 16.5. The fourth-order valence-corrected chi connectivity index (χ4v) is 2.98. The molecular weight excluding hydrogens is 234 g/mol. The van der Waals surface area contributed by atoms with Crippen LogP contribution < -0.4 is 5.32 Å². The van der Waals surface area contributed by atoms with Gasteiger partial charge in [0.2, 0.25) is 0 Å². The molecule has 0 amide bonds. The monoisotopic (exact) mass is 261 g/mol. The molecule has 1 saturated heterocycles. The number of piperidine rings is 1. The van der Waals surface area contributed by atoms with Crippen molar-refractivity contribution in [3.63, 3.8) is 0 Å². The first-order valence-electron chi connectivity index (χ1n) is 7.41. The van der Waals surface area contributed by atoms with Crippen LogP contribution in [0.3, 0.4) is 0 Å². The Hall–Kier alpha value is -0.860. The molecular formula is C17H27NO. The lowest BCUT2D eigenvalue weighted by atomic mass is 9.83. The molecule has 1 heterocycles. The highest BCUT2D eigenvalue weighted by molar-refractivity contribution is 5.29. The van der Waals surface area contributed by atoms with Crippen LogP contribution in [0.2, 0.25) is 0 Å². The molecule has 0 aromatic heterocycles. The number of rotatable bonds is 5. The van der Waals surface area contributed by atoms with E-state index in [0.717, 1.165) is 12.5 Å². The van der Waals surface area contributed by atoms with Gasteiger partial charge in [-0.2, -0.15) is 0 Å². The van der Waals surface area contributed by atoms with E-state index in [-0.39, 0.29) is 5.41 Å². The Morgan fingerprint density at radius 1 is 1.26 bits per heavy atom. The maximum atomic E-state index is 5.34. The second-order valence-corrected chi connectivity index (χ2v) is 6.41. The van der Waals surface area contributed by atoms with Crippen molar-refractivity contribution in [2.75, 3.05) is 26.8 Å². The van der Waals surface area contributed by atoms with Crippen molar-refractivity contribution in [2.24, 2.45) is 5.92 Å². The van der Waals surface area contributed by atoms with E-state index in [1.165, 1.54) is 43.5 Å². The summed E-state index contributed by atoms with van der Waals surface area (Å²) in [5.41, 5.74) is 2.97. The molecule has 0 aliphatic carbocycles. The summed E-state index contributed by atoms with van der Waals surface area (Å²) in [6, 6.07) is 9.07. The van der Waals surface area contributed by atoms with Crippen molar-refractivity contribution in [3.05, 3.63) is 35.4 Å². The van der Waals surface area contributed by atoms with E-state index < -0.39 is 0 Å². The van der Waals surface area contributed by atoms with E-state index >= 15 is 0 Å². The van der Waals surface area contributed by atoms with Crippen LogP contribution in [0.4, 0.5) is 0 Å². The molecule has 2 heteroatoms. The maximum absolute atomic E-state index is 5.34. The van der Waals surface area contributed by atoms with Gasteiger partial charge in [-0.3, -0.25) is 0 Å². The number of hydrogen-bond acceptors (Lipinski definition) is 2. The summed E-state index contributed by atoms with van der Waals surface area (Å²) in [4.78, 5) is 0. The first-order chi connectivity index (χ1) is 9.12. The highest BCUT2D eigenvalue weighted by Gasteiger charge is 2.21. The van der Waals surface area contributed by atoms with Crippen LogP contribution in [0, 0.1) is 5.92 Å². The van der Waals surface area contributed by atoms with Gasteiger partial charge < -0.3 is 10.1 Å². The van der Waals surface area contributed by atoms with E-state index in [1.54, 1.807) is 7.11 Å². The number of methoxy groups -OCH3 is 1. The zero-order valence-electron chi connectivity index (χ0n) is 12.5. The molecule has 0 bridgehead atoms. The maximum Gasteiger partial charge on any atom is 0.0553 e. The third-order valence-electron chi connectivity index (χ3n) is 4.20. The minimum Gasteiger partial charge on any atom is -0.384 e. The van der Waals surface area contributed by atoms with Gasteiger partial charge in [0, 0.05) is 12.5 Å². The summed E-state index contributed by atoms with van der Waals surface area (Å²) in [5.74, 6) is 0.849. The molecule has 0 radical (unpaired) electrons. The molecule has 1 aliphatic heterocycles. The Kier molecular flexibility index (Phi) is 5.00. The van der Waals surface area contributed by atoms with Crippen LogP contribution in [-0.4, -0.2) is 26.8 Å². The van der Waals surface area contributed by atoms with Gasteiger partial charge in [-0.15, -0.1) is 0 Å². The first kappa shape index (κ1) is 14.5. The SMILES string of the molecule is COCC(C)(C)c1cccc(CC2CCNCC2)c1. The molecule has 1 aromatic rings. The Balaban J connectivity index is 2.06. The highest BCUT2D eigenvalue weighted by Crippen LogP contribution is 2.26. The van der Waals surface area contributed by atoms with E-state index in [9.17, 15) is 0 Å². The van der Waals surface area contributed by atoms with E-state index in [4.69, 9.17) is 4.74 Å². The Labute approximate surface area is 117 Å². The van der Waals surface area contributed by atoms with E-state index in [0.29, 0.717) is 0 Å². The summed E-state index contributed by atoms with van der Waals surface area (Å²) in [6.07, 6.45) is 3.84. The van der Waals surface area contributed by atoms with Crippen LogP contribution in [0.5, 0.6) is 0 Å². The van der Waals surface area contributed by atoms with Crippen LogP contribution in [0.15, 0.2) is 24.3 Å². The molecule has 1 aromatic carbocycles. The third kappa shape index (κ3) is 4.05. The van der Waals surface area contributed by atoms with E-state index in [2.05, 4.69) is 43.4 Å². The number of ether oxygens (including phenoxy) is 1. The first-order valence-corrected chi connectivity index (χ1v) is 7.41. The summed E-state index contributed by atoms with van der Waals surface area (Å²) >= 11 is 0. The van der Waals surface area contributed by atoms with Gasteiger partial charge in [0.1, 0.15) is 0 Å². The van der Waals surface area contributed by atoms with Crippen LogP contribution >= 0.6 is 0 Å². The van der Waals surface area contributed by atoms with Crippen molar-refractivity contribution in [1.29, 1.82) is 0 Å². The summed E-state index contributed by atoms with van der Waals surface area (Å²) < 4.78 is 5.34. The zero-order valence-corrected chi connectivity index (χ0v) is 12.5. The van der Waals surface area contributed by atoms with Crippen molar-refractivity contribution in [2.45, 2.75) is 38.5 Å². The third-order valence-corrected chi connectivity index (χ3v) is 4.20. The number of benzene rings is 1. The van der Waals surface area contributed by atoms with Crippen LogP contribution in [-0.2, 0) is 16.6 Å². The Bertz CT molecular complexity index is 394. The van der Waals surface area contributed by atoms with Gasteiger partial charge in [0.15, 0.2) is 0 Å². The Morgan fingerprint density at radius 2 is 2.00 bits per heavy atom. The predicted molar refractivity (Wildman–Crippen MR) is 80.6 cm³/mol. The molecule has 19 heavy (non-hydrogen) atoms. The summed E-state index contributed by atoms with van der Waals surface area (Å²) in [7, 11) is 1.78. The fourth-order valence-electron chi connectivity index (χ4n) is 2.98. The van der Waals surface area contributed by atoms with E-state index in [1.807, 2.05) is 0 Å². The molecule has 2 nitrogen and oxygen atoms in total. The lowest BCUT2D eigenvalue weighted by molar-refractivity contribution is 0.146. The fraction of sp³-hybridized carbons (Fsp3) is 0.647. The smallest absolute Gasteiger partial charge is 0.0553 e. The molecule has 0 unspecified atom stereocenters. The molecule has 106 valence electrons. The predicted octanol–water partition coefficient (Wildman–Crippen LogP) is 3.15. The van der Waals surface area contributed by atoms with Gasteiger partial charge in [0.05, 0.1) is 6.61 Å². The normalized spacial score (nSPS) is 17.6. The molecule has 0 spiro atoms. The van der Waals surface area contributed by atoms with Gasteiger partial charge in [-0.25, -0.2) is 0 Å². The molecule has 1 fully saturated rings. The van der Waals surface area contributed by atoms with Gasteiger partial charge >= 0.3 is 0 Å².